The fraction of sp³-hybridized carbons (Fsp3) is 1.00. The molecule has 0 aliphatic carbocycles. The predicted molar refractivity (Wildman–Crippen MR) is 111 cm³/mol. The summed E-state index contributed by atoms with van der Waals surface area (Å²) in [6, 6.07) is 0. The lowest BCUT2D eigenvalue weighted by atomic mass is 10.0. The molecular formula is C21H44O4S. The van der Waals surface area contributed by atoms with E-state index >= 15 is 0 Å². The topological polar surface area (TPSA) is 74.6 Å². The molecule has 0 aliphatic heterocycles. The molecule has 2 atom stereocenters. The van der Waals surface area contributed by atoms with Gasteiger partial charge in [-0.1, -0.05) is 90.4 Å². The highest BCUT2D eigenvalue weighted by atomic mass is 32.2. The molecule has 0 rings (SSSR count). The van der Waals surface area contributed by atoms with E-state index in [2.05, 4.69) is 6.92 Å². The minimum absolute atomic E-state index is 0.337. The van der Waals surface area contributed by atoms with E-state index < -0.39 is 15.4 Å². The summed E-state index contributed by atoms with van der Waals surface area (Å²) in [5, 5.41) is 9.20. The van der Waals surface area contributed by atoms with Crippen LogP contribution in [0.2, 0.25) is 0 Å². The fourth-order valence-electron chi connectivity index (χ4n) is 3.33. The van der Waals surface area contributed by atoms with Gasteiger partial charge >= 0.3 is 0 Å². The van der Waals surface area contributed by atoms with Gasteiger partial charge in [0.15, 0.2) is 0 Å². The summed E-state index contributed by atoms with van der Waals surface area (Å²) >= 11 is 0. The summed E-state index contributed by atoms with van der Waals surface area (Å²) in [6.07, 6.45) is 19.3. The standard InChI is InChI=1S/C21H44O4S/c1-3-4-5-6-7-8-9-10-11-12-13-14-15-18-21(22)19-16-17-20(2)26(23,24)25/h20-22H,3-19H2,1-2H3,(H,23,24,25). The second-order valence-electron chi connectivity index (χ2n) is 7.94. The van der Waals surface area contributed by atoms with Gasteiger partial charge in [0.1, 0.15) is 0 Å². The van der Waals surface area contributed by atoms with Crippen molar-refractivity contribution in [3.8, 4) is 0 Å². The first kappa shape index (κ1) is 25.9. The Bertz CT molecular complexity index is 395. The maximum absolute atomic E-state index is 10.9. The molecule has 2 N–H and O–H groups in total. The first-order chi connectivity index (χ1) is 12.4. The van der Waals surface area contributed by atoms with Crippen LogP contribution in [0.25, 0.3) is 0 Å². The zero-order chi connectivity index (χ0) is 19.7. The second-order valence-corrected chi connectivity index (χ2v) is 9.78. The largest absolute Gasteiger partial charge is 0.393 e. The molecular weight excluding hydrogens is 348 g/mol. The number of aliphatic hydroxyl groups excluding tert-OH is 1. The molecule has 0 fully saturated rings. The molecule has 0 saturated heterocycles. The van der Waals surface area contributed by atoms with Gasteiger partial charge in [-0.3, -0.25) is 4.55 Å². The summed E-state index contributed by atoms with van der Waals surface area (Å²) in [4.78, 5) is 0. The van der Waals surface area contributed by atoms with Gasteiger partial charge in [-0.2, -0.15) is 8.42 Å². The Morgan fingerprint density at radius 3 is 1.46 bits per heavy atom. The first-order valence-corrected chi connectivity index (χ1v) is 12.5. The van der Waals surface area contributed by atoms with Crippen molar-refractivity contribution < 1.29 is 18.1 Å². The molecule has 0 aromatic carbocycles. The van der Waals surface area contributed by atoms with Crippen LogP contribution in [0.15, 0.2) is 0 Å². The highest BCUT2D eigenvalue weighted by molar-refractivity contribution is 7.86. The molecule has 0 bridgehead atoms. The van der Waals surface area contributed by atoms with Gasteiger partial charge in [-0.25, -0.2) is 0 Å². The highest BCUT2D eigenvalue weighted by Gasteiger charge is 2.17. The van der Waals surface area contributed by atoms with Crippen molar-refractivity contribution in [2.45, 2.75) is 134 Å². The quantitative estimate of drug-likeness (QED) is 0.200. The van der Waals surface area contributed by atoms with Crippen LogP contribution in [-0.4, -0.2) is 29.4 Å². The van der Waals surface area contributed by atoms with E-state index in [4.69, 9.17) is 4.55 Å². The summed E-state index contributed by atoms with van der Waals surface area (Å²) in [7, 11) is -3.92. The minimum atomic E-state index is -3.92. The maximum atomic E-state index is 10.9. The lowest BCUT2D eigenvalue weighted by molar-refractivity contribution is 0.147. The van der Waals surface area contributed by atoms with Crippen LogP contribution in [0.4, 0.5) is 0 Å². The number of rotatable bonds is 19. The van der Waals surface area contributed by atoms with Crippen molar-refractivity contribution in [1.29, 1.82) is 0 Å². The van der Waals surface area contributed by atoms with Crippen LogP contribution in [0.1, 0.15) is 123 Å². The summed E-state index contributed by atoms with van der Waals surface area (Å²) < 4.78 is 30.7. The normalized spacial score (nSPS) is 14.5. The number of hydrogen-bond donors (Lipinski definition) is 2. The second kappa shape index (κ2) is 17.0. The zero-order valence-electron chi connectivity index (χ0n) is 17.3. The molecule has 2 unspecified atom stereocenters. The summed E-state index contributed by atoms with van der Waals surface area (Å²) in [5.74, 6) is 0. The number of hydrogen-bond acceptors (Lipinski definition) is 3. The van der Waals surface area contributed by atoms with Crippen molar-refractivity contribution in [3.05, 3.63) is 0 Å². The monoisotopic (exact) mass is 392 g/mol. The number of aliphatic hydroxyl groups is 1. The predicted octanol–water partition coefficient (Wildman–Crippen LogP) is 6.28. The van der Waals surface area contributed by atoms with E-state index in [0.717, 1.165) is 12.8 Å². The van der Waals surface area contributed by atoms with E-state index in [0.29, 0.717) is 19.3 Å². The molecule has 0 amide bonds. The zero-order valence-corrected chi connectivity index (χ0v) is 18.1. The van der Waals surface area contributed by atoms with Crippen LogP contribution >= 0.6 is 0 Å². The lowest BCUT2D eigenvalue weighted by Crippen LogP contribution is -2.17. The summed E-state index contributed by atoms with van der Waals surface area (Å²) in [6.45, 7) is 3.77. The third-order valence-electron chi connectivity index (χ3n) is 5.30. The fourth-order valence-corrected chi connectivity index (χ4v) is 3.80. The molecule has 158 valence electrons. The smallest absolute Gasteiger partial charge is 0.267 e. The Hall–Kier alpha value is -0.130. The van der Waals surface area contributed by atoms with Gasteiger partial charge in [0.05, 0.1) is 11.4 Å². The van der Waals surface area contributed by atoms with Crippen LogP contribution in [-0.2, 0) is 10.1 Å². The Labute approximate surface area is 162 Å². The lowest BCUT2D eigenvalue weighted by Gasteiger charge is -2.12. The third-order valence-corrected chi connectivity index (χ3v) is 6.55. The van der Waals surface area contributed by atoms with Crippen molar-refractivity contribution in [2.75, 3.05) is 0 Å². The van der Waals surface area contributed by atoms with Gasteiger partial charge < -0.3 is 5.11 Å². The van der Waals surface area contributed by atoms with Crippen LogP contribution < -0.4 is 0 Å². The van der Waals surface area contributed by atoms with E-state index in [1.54, 1.807) is 0 Å². The average molecular weight is 393 g/mol. The Kier molecular flexibility index (Phi) is 16.9. The van der Waals surface area contributed by atoms with Crippen molar-refractivity contribution in [1.82, 2.24) is 0 Å². The molecule has 0 radical (unpaired) electrons. The Morgan fingerprint density at radius 1 is 0.654 bits per heavy atom. The van der Waals surface area contributed by atoms with E-state index in [1.807, 2.05) is 0 Å². The van der Waals surface area contributed by atoms with Crippen LogP contribution in [0.3, 0.4) is 0 Å². The molecule has 4 nitrogen and oxygen atoms in total. The molecule has 0 aliphatic rings. The van der Waals surface area contributed by atoms with Crippen molar-refractivity contribution in [3.63, 3.8) is 0 Å². The molecule has 0 heterocycles. The van der Waals surface area contributed by atoms with Crippen LogP contribution in [0.5, 0.6) is 0 Å². The van der Waals surface area contributed by atoms with E-state index in [1.165, 1.54) is 84.0 Å². The Morgan fingerprint density at radius 2 is 1.04 bits per heavy atom. The first-order valence-electron chi connectivity index (χ1n) is 11.0. The molecule has 0 saturated carbocycles. The van der Waals surface area contributed by atoms with Gasteiger partial charge in [0.2, 0.25) is 0 Å². The number of unbranched alkanes of at least 4 members (excludes halogenated alkanes) is 12. The van der Waals surface area contributed by atoms with Crippen molar-refractivity contribution in [2.24, 2.45) is 0 Å². The molecule has 26 heavy (non-hydrogen) atoms. The minimum Gasteiger partial charge on any atom is -0.393 e. The van der Waals surface area contributed by atoms with E-state index in [9.17, 15) is 13.5 Å². The van der Waals surface area contributed by atoms with Crippen LogP contribution in [0, 0.1) is 0 Å². The molecule has 0 aromatic heterocycles. The maximum Gasteiger partial charge on any atom is 0.267 e. The van der Waals surface area contributed by atoms with E-state index in [-0.39, 0.29) is 6.10 Å². The molecule has 0 spiro atoms. The van der Waals surface area contributed by atoms with Gasteiger partial charge in [0, 0.05) is 0 Å². The SMILES string of the molecule is CCCCCCCCCCCCCCCC(O)CCCC(C)S(=O)(=O)O. The van der Waals surface area contributed by atoms with Gasteiger partial charge in [-0.15, -0.1) is 0 Å². The average Bonchev–Trinajstić information content (AvgIpc) is 2.58. The highest BCUT2D eigenvalue weighted by Crippen LogP contribution is 2.16. The molecule has 5 heteroatoms. The third kappa shape index (κ3) is 17.3. The summed E-state index contributed by atoms with van der Waals surface area (Å²) in [5.41, 5.74) is 0. The van der Waals surface area contributed by atoms with Gasteiger partial charge in [0.25, 0.3) is 10.1 Å². The van der Waals surface area contributed by atoms with Crippen molar-refractivity contribution >= 4 is 10.1 Å². The molecule has 0 aromatic rings. The Balaban J connectivity index is 3.29. The van der Waals surface area contributed by atoms with Gasteiger partial charge in [-0.05, 0) is 32.6 Å².